The van der Waals surface area contributed by atoms with Crippen LogP contribution in [0.1, 0.15) is 82.9 Å². The van der Waals surface area contributed by atoms with Crippen LogP contribution < -0.4 is 5.32 Å². The van der Waals surface area contributed by atoms with Gasteiger partial charge < -0.3 is 5.32 Å². The lowest BCUT2D eigenvalue weighted by Crippen LogP contribution is -2.22. The molecule has 0 amide bonds. The Balaban J connectivity index is 2.71. The van der Waals surface area contributed by atoms with Crippen LogP contribution in [-0.4, -0.2) is 6.54 Å². The zero-order valence-electron chi connectivity index (χ0n) is 13.2. The monoisotopic (exact) mass is 261 g/mol. The van der Waals surface area contributed by atoms with E-state index in [9.17, 15) is 0 Å². The summed E-state index contributed by atoms with van der Waals surface area (Å²) in [6, 6.07) is 9.81. The molecular weight excluding hydrogens is 230 g/mol. The fourth-order valence-corrected chi connectivity index (χ4v) is 2.41. The smallest absolute Gasteiger partial charge is 0.0320 e. The number of unbranched alkanes of at least 4 members (excludes halogenated alkanes) is 1. The summed E-state index contributed by atoms with van der Waals surface area (Å²) in [5.74, 6) is 0.673. The van der Waals surface area contributed by atoms with Gasteiger partial charge in [-0.1, -0.05) is 64.8 Å². The minimum Gasteiger partial charge on any atom is -0.310 e. The van der Waals surface area contributed by atoms with Crippen molar-refractivity contribution in [2.24, 2.45) is 0 Å². The average molecular weight is 261 g/mol. The summed E-state index contributed by atoms with van der Waals surface area (Å²) >= 11 is 0. The molecule has 1 aromatic carbocycles. The molecule has 2 unspecified atom stereocenters. The molecular formula is C18H31N. The Morgan fingerprint density at radius 1 is 0.947 bits per heavy atom. The van der Waals surface area contributed by atoms with Crippen molar-refractivity contribution in [1.29, 1.82) is 0 Å². The van der Waals surface area contributed by atoms with Crippen LogP contribution in [0.2, 0.25) is 0 Å². The van der Waals surface area contributed by atoms with Gasteiger partial charge >= 0.3 is 0 Å². The van der Waals surface area contributed by atoms with Gasteiger partial charge in [-0.15, -0.1) is 0 Å². The van der Waals surface area contributed by atoms with E-state index in [1.165, 1.54) is 43.2 Å². The molecule has 1 aromatic rings. The first kappa shape index (κ1) is 16.2. The Hall–Kier alpha value is -0.820. The van der Waals surface area contributed by atoms with Gasteiger partial charge in [-0.05, 0) is 42.9 Å². The van der Waals surface area contributed by atoms with Gasteiger partial charge in [0, 0.05) is 6.04 Å². The van der Waals surface area contributed by atoms with Gasteiger partial charge in [-0.3, -0.25) is 0 Å². The normalized spacial score (nSPS) is 14.3. The van der Waals surface area contributed by atoms with Crippen LogP contribution in [0.25, 0.3) is 0 Å². The van der Waals surface area contributed by atoms with E-state index < -0.39 is 0 Å². The molecule has 0 spiro atoms. The molecule has 19 heavy (non-hydrogen) atoms. The molecule has 0 aromatic heterocycles. The summed E-state index contributed by atoms with van der Waals surface area (Å²) in [6.07, 6.45) is 6.24. The fraction of sp³-hybridized carbons (Fsp3) is 0.667. The second-order valence-electron chi connectivity index (χ2n) is 5.62. The predicted octanol–water partition coefficient (Wildman–Crippen LogP) is 5.43. The van der Waals surface area contributed by atoms with Crippen LogP contribution in [0.5, 0.6) is 0 Å². The van der Waals surface area contributed by atoms with Crippen molar-refractivity contribution < 1.29 is 0 Å². The summed E-state index contributed by atoms with van der Waals surface area (Å²) in [7, 11) is 0. The maximum absolute atomic E-state index is 3.68. The van der Waals surface area contributed by atoms with Crippen LogP contribution in [0.3, 0.4) is 0 Å². The summed E-state index contributed by atoms with van der Waals surface area (Å²) in [5, 5.41) is 3.68. The zero-order chi connectivity index (χ0) is 14.1. The van der Waals surface area contributed by atoms with Crippen molar-refractivity contribution in [3.05, 3.63) is 35.4 Å². The summed E-state index contributed by atoms with van der Waals surface area (Å²) in [6.45, 7) is 10.2. The average Bonchev–Trinajstić information content (AvgIpc) is 2.47. The maximum atomic E-state index is 3.68. The topological polar surface area (TPSA) is 12.0 Å². The van der Waals surface area contributed by atoms with E-state index in [0.717, 1.165) is 6.54 Å². The Bertz CT molecular complexity index is 320. The van der Waals surface area contributed by atoms with Crippen molar-refractivity contribution in [2.45, 2.75) is 71.8 Å². The molecule has 108 valence electrons. The van der Waals surface area contributed by atoms with Crippen molar-refractivity contribution in [3.63, 3.8) is 0 Å². The van der Waals surface area contributed by atoms with E-state index in [2.05, 4.69) is 57.3 Å². The van der Waals surface area contributed by atoms with E-state index in [1.54, 1.807) is 0 Å². The molecule has 0 radical (unpaired) electrons. The first-order chi connectivity index (χ1) is 9.22. The molecule has 0 aliphatic rings. The molecule has 1 heteroatoms. The summed E-state index contributed by atoms with van der Waals surface area (Å²) in [4.78, 5) is 0. The number of benzene rings is 1. The Kier molecular flexibility index (Phi) is 7.81. The molecule has 0 saturated heterocycles. The molecule has 0 aliphatic carbocycles. The van der Waals surface area contributed by atoms with E-state index >= 15 is 0 Å². The van der Waals surface area contributed by atoms with Gasteiger partial charge in [0.15, 0.2) is 0 Å². The lowest BCUT2D eigenvalue weighted by Gasteiger charge is -2.20. The Labute approximate surface area is 119 Å². The fourth-order valence-electron chi connectivity index (χ4n) is 2.41. The number of hydrogen-bond donors (Lipinski definition) is 1. The van der Waals surface area contributed by atoms with Gasteiger partial charge in [0.1, 0.15) is 0 Å². The molecule has 1 rings (SSSR count). The highest BCUT2D eigenvalue weighted by Gasteiger charge is 2.10. The molecule has 1 N–H and O–H groups in total. The first-order valence-electron chi connectivity index (χ1n) is 8.06. The van der Waals surface area contributed by atoms with Crippen LogP contribution in [0.15, 0.2) is 24.3 Å². The highest BCUT2D eigenvalue weighted by Crippen LogP contribution is 2.24. The standard InChI is InChI=1S/C18H31N/c1-5-8-9-18(19-14-6-2)17-12-10-16(11-13-17)15(4)7-3/h10-13,15,18-19H,5-9,14H2,1-4H3. The molecule has 0 heterocycles. The third kappa shape index (κ3) is 5.36. The zero-order valence-corrected chi connectivity index (χ0v) is 13.2. The van der Waals surface area contributed by atoms with Crippen LogP contribution in [0.4, 0.5) is 0 Å². The van der Waals surface area contributed by atoms with Gasteiger partial charge in [0.2, 0.25) is 0 Å². The van der Waals surface area contributed by atoms with Crippen molar-refractivity contribution in [1.82, 2.24) is 5.32 Å². The Morgan fingerprint density at radius 3 is 2.11 bits per heavy atom. The first-order valence-corrected chi connectivity index (χ1v) is 8.06. The van der Waals surface area contributed by atoms with Gasteiger partial charge in [-0.25, -0.2) is 0 Å². The van der Waals surface area contributed by atoms with Gasteiger partial charge in [0.05, 0.1) is 0 Å². The minimum atomic E-state index is 0.533. The van der Waals surface area contributed by atoms with E-state index in [-0.39, 0.29) is 0 Å². The van der Waals surface area contributed by atoms with Crippen LogP contribution in [0, 0.1) is 0 Å². The molecule has 1 nitrogen and oxygen atoms in total. The predicted molar refractivity (Wildman–Crippen MR) is 85.7 cm³/mol. The second kappa shape index (κ2) is 9.14. The molecule has 0 saturated carbocycles. The lowest BCUT2D eigenvalue weighted by atomic mass is 9.94. The highest BCUT2D eigenvalue weighted by atomic mass is 14.9. The molecule has 0 fully saturated rings. The molecule has 2 atom stereocenters. The van der Waals surface area contributed by atoms with Crippen molar-refractivity contribution in [2.75, 3.05) is 6.54 Å². The SMILES string of the molecule is CCCCC(NCCC)c1ccc(C(C)CC)cc1. The number of nitrogens with one attached hydrogen (secondary N) is 1. The largest absolute Gasteiger partial charge is 0.310 e. The van der Waals surface area contributed by atoms with Crippen molar-refractivity contribution >= 4 is 0 Å². The van der Waals surface area contributed by atoms with Gasteiger partial charge in [-0.2, -0.15) is 0 Å². The van der Waals surface area contributed by atoms with Crippen LogP contribution >= 0.6 is 0 Å². The minimum absolute atomic E-state index is 0.533. The molecule has 0 bridgehead atoms. The maximum Gasteiger partial charge on any atom is 0.0320 e. The lowest BCUT2D eigenvalue weighted by molar-refractivity contribution is 0.481. The summed E-state index contributed by atoms with van der Waals surface area (Å²) < 4.78 is 0. The number of hydrogen-bond acceptors (Lipinski definition) is 1. The van der Waals surface area contributed by atoms with Gasteiger partial charge in [0.25, 0.3) is 0 Å². The summed E-state index contributed by atoms with van der Waals surface area (Å²) in [5.41, 5.74) is 2.92. The van der Waals surface area contributed by atoms with E-state index in [0.29, 0.717) is 12.0 Å². The van der Waals surface area contributed by atoms with Crippen molar-refractivity contribution in [3.8, 4) is 0 Å². The third-order valence-electron chi connectivity index (χ3n) is 4.01. The second-order valence-corrected chi connectivity index (χ2v) is 5.62. The number of rotatable bonds is 9. The van der Waals surface area contributed by atoms with E-state index in [1.807, 2.05) is 0 Å². The van der Waals surface area contributed by atoms with Crippen LogP contribution in [-0.2, 0) is 0 Å². The molecule has 0 aliphatic heterocycles. The highest BCUT2D eigenvalue weighted by molar-refractivity contribution is 5.27. The quantitative estimate of drug-likeness (QED) is 0.625. The van der Waals surface area contributed by atoms with E-state index in [4.69, 9.17) is 0 Å². The third-order valence-corrected chi connectivity index (χ3v) is 4.01. The Morgan fingerprint density at radius 2 is 1.58 bits per heavy atom.